The summed E-state index contributed by atoms with van der Waals surface area (Å²) in [5, 5.41) is 0. The second-order valence-electron chi connectivity index (χ2n) is 3.26. The zero-order chi connectivity index (χ0) is 10.3. The zero-order valence-corrected chi connectivity index (χ0v) is 8.06. The van der Waals surface area contributed by atoms with E-state index >= 15 is 0 Å². The Morgan fingerprint density at radius 1 is 1.14 bits per heavy atom. The van der Waals surface area contributed by atoms with Crippen LogP contribution in [0, 0.1) is 0 Å². The van der Waals surface area contributed by atoms with Gasteiger partial charge in [0.25, 0.3) is 0 Å². The Morgan fingerprint density at radius 3 is 2.29 bits per heavy atom. The molecule has 0 saturated carbocycles. The molecule has 5 nitrogen and oxygen atoms in total. The van der Waals surface area contributed by atoms with Crippen LogP contribution in [0.4, 0.5) is 0 Å². The number of fused-ring (bicyclic) bond motifs is 1. The third kappa shape index (κ3) is 1.13. The van der Waals surface area contributed by atoms with Gasteiger partial charge in [0, 0.05) is 14.2 Å². The van der Waals surface area contributed by atoms with E-state index in [0.717, 1.165) is 0 Å². The van der Waals surface area contributed by atoms with Crippen molar-refractivity contribution < 1.29 is 23.7 Å². The topological polar surface area (TPSA) is 54.0 Å². The summed E-state index contributed by atoms with van der Waals surface area (Å²) in [6.45, 7) is 3.69. The van der Waals surface area contributed by atoms with Gasteiger partial charge in [0.15, 0.2) is 24.4 Å². The van der Waals surface area contributed by atoms with E-state index in [1.54, 1.807) is 0 Å². The van der Waals surface area contributed by atoms with Crippen LogP contribution in [0.1, 0.15) is 0 Å². The monoisotopic (exact) mass is 200 g/mol. The lowest BCUT2D eigenvalue weighted by Gasteiger charge is -2.12. The SMILES string of the molecule is C=C1OC2C(OC)C(=O)OC2C1OC. The number of carbonyl (C=O) groups is 1. The predicted octanol–water partition coefficient (Wildman–Crippen LogP) is -0.146. The molecule has 2 saturated heterocycles. The Hall–Kier alpha value is -1.07. The number of esters is 1. The smallest absolute Gasteiger partial charge is 0.339 e. The summed E-state index contributed by atoms with van der Waals surface area (Å²) in [6.07, 6.45) is -1.91. The lowest BCUT2D eigenvalue weighted by molar-refractivity contribution is -0.152. The molecule has 2 rings (SSSR count). The van der Waals surface area contributed by atoms with Gasteiger partial charge in [0.1, 0.15) is 5.76 Å². The molecule has 2 aliphatic rings. The Kier molecular flexibility index (Phi) is 2.20. The molecular formula is C9H12O5. The van der Waals surface area contributed by atoms with Gasteiger partial charge < -0.3 is 18.9 Å². The fourth-order valence-electron chi connectivity index (χ4n) is 1.86. The van der Waals surface area contributed by atoms with Gasteiger partial charge in [0.05, 0.1) is 0 Å². The molecule has 2 fully saturated rings. The highest BCUT2D eigenvalue weighted by Gasteiger charge is 2.56. The molecule has 0 bridgehead atoms. The molecule has 0 aromatic rings. The average molecular weight is 200 g/mol. The predicted molar refractivity (Wildman–Crippen MR) is 45.5 cm³/mol. The molecule has 2 aliphatic heterocycles. The summed E-state index contributed by atoms with van der Waals surface area (Å²) >= 11 is 0. The van der Waals surface area contributed by atoms with Crippen LogP contribution in [0.2, 0.25) is 0 Å². The Labute approximate surface area is 81.6 Å². The molecule has 0 aliphatic carbocycles. The van der Waals surface area contributed by atoms with Crippen molar-refractivity contribution in [2.45, 2.75) is 24.4 Å². The molecule has 2 heterocycles. The van der Waals surface area contributed by atoms with E-state index < -0.39 is 24.3 Å². The lowest BCUT2D eigenvalue weighted by atomic mass is 10.1. The van der Waals surface area contributed by atoms with Crippen molar-refractivity contribution in [2.75, 3.05) is 14.2 Å². The van der Waals surface area contributed by atoms with Crippen LogP contribution in [0.5, 0.6) is 0 Å². The van der Waals surface area contributed by atoms with Gasteiger partial charge in [-0.15, -0.1) is 0 Å². The normalized spacial score (nSPS) is 40.7. The highest BCUT2D eigenvalue weighted by atomic mass is 16.7. The molecule has 5 heteroatoms. The molecular weight excluding hydrogens is 188 g/mol. The molecule has 0 aromatic carbocycles. The zero-order valence-electron chi connectivity index (χ0n) is 8.06. The van der Waals surface area contributed by atoms with Crippen LogP contribution in [0.25, 0.3) is 0 Å². The van der Waals surface area contributed by atoms with Crippen LogP contribution in [-0.4, -0.2) is 44.6 Å². The van der Waals surface area contributed by atoms with Gasteiger partial charge in [-0.05, 0) is 0 Å². The van der Waals surface area contributed by atoms with Crippen LogP contribution in [0.3, 0.4) is 0 Å². The summed E-state index contributed by atoms with van der Waals surface area (Å²) < 4.78 is 20.6. The van der Waals surface area contributed by atoms with E-state index in [1.807, 2.05) is 0 Å². The highest BCUT2D eigenvalue weighted by molar-refractivity contribution is 5.78. The first-order valence-electron chi connectivity index (χ1n) is 4.30. The van der Waals surface area contributed by atoms with Crippen molar-refractivity contribution in [1.29, 1.82) is 0 Å². The van der Waals surface area contributed by atoms with Gasteiger partial charge in [-0.25, -0.2) is 4.79 Å². The minimum Gasteiger partial charge on any atom is -0.485 e. The van der Waals surface area contributed by atoms with Crippen LogP contribution in [0.15, 0.2) is 12.3 Å². The third-order valence-electron chi connectivity index (χ3n) is 2.52. The van der Waals surface area contributed by atoms with E-state index in [0.29, 0.717) is 5.76 Å². The molecule has 0 amide bonds. The number of methoxy groups -OCH3 is 2. The highest BCUT2D eigenvalue weighted by Crippen LogP contribution is 2.35. The summed E-state index contributed by atoms with van der Waals surface area (Å²) in [6, 6.07) is 0. The number of hydrogen-bond acceptors (Lipinski definition) is 5. The molecule has 4 unspecified atom stereocenters. The molecule has 14 heavy (non-hydrogen) atoms. The molecule has 4 atom stereocenters. The number of rotatable bonds is 2. The summed E-state index contributed by atoms with van der Waals surface area (Å²) in [7, 11) is 2.97. The van der Waals surface area contributed by atoms with Crippen molar-refractivity contribution >= 4 is 5.97 Å². The first-order chi connectivity index (χ1) is 6.69. The van der Waals surface area contributed by atoms with Crippen molar-refractivity contribution in [3.8, 4) is 0 Å². The quantitative estimate of drug-likeness (QED) is 0.580. The maximum absolute atomic E-state index is 11.3. The second-order valence-corrected chi connectivity index (χ2v) is 3.26. The van der Waals surface area contributed by atoms with Crippen LogP contribution >= 0.6 is 0 Å². The molecule has 0 N–H and O–H groups in total. The first-order valence-corrected chi connectivity index (χ1v) is 4.30. The fourth-order valence-corrected chi connectivity index (χ4v) is 1.86. The van der Waals surface area contributed by atoms with Crippen molar-refractivity contribution in [3.05, 3.63) is 12.3 Å². The minimum atomic E-state index is -0.670. The van der Waals surface area contributed by atoms with E-state index in [1.165, 1.54) is 14.2 Å². The van der Waals surface area contributed by atoms with Crippen LogP contribution < -0.4 is 0 Å². The molecule has 0 aromatic heterocycles. The van der Waals surface area contributed by atoms with Crippen LogP contribution in [-0.2, 0) is 23.7 Å². The van der Waals surface area contributed by atoms with Crippen molar-refractivity contribution in [1.82, 2.24) is 0 Å². The summed E-state index contributed by atoms with van der Waals surface area (Å²) in [5.41, 5.74) is 0. The minimum absolute atomic E-state index is 0.385. The number of ether oxygens (including phenoxy) is 4. The van der Waals surface area contributed by atoms with E-state index in [4.69, 9.17) is 18.9 Å². The summed E-state index contributed by atoms with van der Waals surface area (Å²) in [5.74, 6) is 0.0779. The van der Waals surface area contributed by atoms with Crippen molar-refractivity contribution in [2.24, 2.45) is 0 Å². The Balaban J connectivity index is 2.20. The fraction of sp³-hybridized carbons (Fsp3) is 0.667. The molecule has 0 spiro atoms. The average Bonchev–Trinajstić information content (AvgIpc) is 2.58. The molecule has 78 valence electrons. The van der Waals surface area contributed by atoms with Crippen molar-refractivity contribution in [3.63, 3.8) is 0 Å². The second kappa shape index (κ2) is 3.25. The number of carbonyl (C=O) groups excluding carboxylic acids is 1. The van der Waals surface area contributed by atoms with Gasteiger partial charge in [-0.1, -0.05) is 6.58 Å². The third-order valence-corrected chi connectivity index (χ3v) is 2.52. The number of hydrogen-bond donors (Lipinski definition) is 0. The maximum atomic E-state index is 11.3. The van der Waals surface area contributed by atoms with E-state index in [2.05, 4.69) is 6.58 Å². The Bertz CT molecular complexity index is 246. The Morgan fingerprint density at radius 2 is 1.71 bits per heavy atom. The van der Waals surface area contributed by atoms with Gasteiger partial charge in [-0.2, -0.15) is 0 Å². The first kappa shape index (κ1) is 9.48. The van der Waals surface area contributed by atoms with Gasteiger partial charge in [0.2, 0.25) is 0 Å². The van der Waals surface area contributed by atoms with Gasteiger partial charge >= 0.3 is 5.97 Å². The largest absolute Gasteiger partial charge is 0.485 e. The van der Waals surface area contributed by atoms with Gasteiger partial charge in [-0.3, -0.25) is 0 Å². The van der Waals surface area contributed by atoms with E-state index in [9.17, 15) is 4.79 Å². The summed E-state index contributed by atoms with van der Waals surface area (Å²) in [4.78, 5) is 11.3. The maximum Gasteiger partial charge on any atom is 0.339 e. The standard InChI is InChI=1S/C9H12O5/c1-4-5(11-2)6-7(13-4)8(12-3)9(10)14-6/h5-8H,1H2,2-3H3. The lowest BCUT2D eigenvalue weighted by Crippen LogP contribution is -2.33. The van der Waals surface area contributed by atoms with E-state index in [-0.39, 0.29) is 6.10 Å². The molecule has 0 radical (unpaired) electrons.